The number of aromatic nitrogens is 2. The highest BCUT2D eigenvalue weighted by Gasteiger charge is 2.43. The normalized spacial score (nSPS) is 22.6. The fraction of sp³-hybridized carbons (Fsp3) is 0.613. The van der Waals surface area contributed by atoms with Crippen LogP contribution < -0.4 is 9.64 Å². The first kappa shape index (κ1) is 30.9. The molecule has 0 radical (unpaired) electrons. The lowest BCUT2D eigenvalue weighted by atomic mass is 10.0. The summed E-state index contributed by atoms with van der Waals surface area (Å²) in [6, 6.07) is 11.8. The van der Waals surface area contributed by atoms with Crippen LogP contribution in [0.1, 0.15) is 50.4 Å². The van der Waals surface area contributed by atoms with Crippen LogP contribution in [0.4, 0.5) is 19.4 Å². The van der Waals surface area contributed by atoms with Crippen LogP contribution in [0.3, 0.4) is 0 Å². The third-order valence-electron chi connectivity index (χ3n) is 8.13. The molecule has 2 saturated heterocycles. The van der Waals surface area contributed by atoms with Gasteiger partial charge in [-0.05, 0) is 39.8 Å². The van der Waals surface area contributed by atoms with Crippen molar-refractivity contribution >= 4 is 11.9 Å². The van der Waals surface area contributed by atoms with Gasteiger partial charge in [0, 0.05) is 57.3 Å². The highest BCUT2D eigenvalue weighted by atomic mass is 19.3. The van der Waals surface area contributed by atoms with E-state index in [1.807, 2.05) is 39.0 Å². The van der Waals surface area contributed by atoms with E-state index in [1.165, 1.54) is 5.56 Å². The molecular formula is C31H41F2N7O3. The van der Waals surface area contributed by atoms with Gasteiger partial charge in [-0.25, -0.2) is 13.6 Å². The number of carbonyl (C=O) groups is 1. The number of nitriles is 1. The van der Waals surface area contributed by atoms with Crippen molar-refractivity contribution in [3.8, 4) is 12.1 Å². The summed E-state index contributed by atoms with van der Waals surface area (Å²) in [7, 11) is 1.68. The van der Waals surface area contributed by atoms with E-state index >= 15 is 0 Å². The van der Waals surface area contributed by atoms with Crippen LogP contribution in [0.25, 0.3) is 0 Å². The van der Waals surface area contributed by atoms with Gasteiger partial charge in [0.05, 0.1) is 30.8 Å². The maximum absolute atomic E-state index is 14.0. The molecule has 0 unspecified atom stereocenters. The van der Waals surface area contributed by atoms with E-state index in [0.717, 1.165) is 36.6 Å². The van der Waals surface area contributed by atoms with E-state index < -0.39 is 23.7 Å². The minimum Gasteiger partial charge on any atom is -0.462 e. The van der Waals surface area contributed by atoms with E-state index in [-0.39, 0.29) is 38.0 Å². The lowest BCUT2D eigenvalue weighted by Gasteiger charge is -2.42. The van der Waals surface area contributed by atoms with Gasteiger partial charge in [-0.1, -0.05) is 30.3 Å². The SMILES string of the molecule is CN1CC(F)(F)C[C@H]1COc1nc2c(c(N3CCN(C(=O)OC(C)(C)C)[C@@H](CC#N)C3)n1)CCN(Cc1ccccc1)C2. The van der Waals surface area contributed by atoms with E-state index in [0.29, 0.717) is 26.2 Å². The van der Waals surface area contributed by atoms with Crippen LogP contribution in [0, 0.1) is 11.3 Å². The van der Waals surface area contributed by atoms with E-state index in [4.69, 9.17) is 19.4 Å². The topological polar surface area (TPSA) is 98.1 Å². The number of hydrogen-bond acceptors (Lipinski definition) is 9. The number of hydrogen-bond donors (Lipinski definition) is 0. The van der Waals surface area contributed by atoms with Gasteiger partial charge in [0.25, 0.3) is 5.92 Å². The number of piperazine rings is 1. The molecule has 232 valence electrons. The summed E-state index contributed by atoms with van der Waals surface area (Å²) in [6.07, 6.45) is 0.175. The Kier molecular flexibility index (Phi) is 9.04. The number of ether oxygens (including phenoxy) is 2. The van der Waals surface area contributed by atoms with Gasteiger partial charge in [-0.15, -0.1) is 0 Å². The number of likely N-dealkylation sites (N-methyl/N-ethyl adjacent to an activating group) is 1. The molecule has 1 amide bonds. The number of amides is 1. The minimum absolute atomic E-state index is 0.0571. The molecule has 3 aliphatic rings. The molecule has 2 atom stereocenters. The molecule has 0 aliphatic carbocycles. The van der Waals surface area contributed by atoms with E-state index in [2.05, 4.69) is 28.0 Å². The second-order valence-electron chi connectivity index (χ2n) is 12.8. The zero-order chi connectivity index (χ0) is 30.8. The van der Waals surface area contributed by atoms with Gasteiger partial charge >= 0.3 is 12.1 Å². The summed E-state index contributed by atoms with van der Waals surface area (Å²) in [5, 5.41) is 9.57. The second-order valence-corrected chi connectivity index (χ2v) is 12.8. The lowest BCUT2D eigenvalue weighted by Crippen LogP contribution is -2.56. The second kappa shape index (κ2) is 12.6. The highest BCUT2D eigenvalue weighted by molar-refractivity contribution is 5.69. The van der Waals surface area contributed by atoms with Crippen molar-refractivity contribution in [3.05, 3.63) is 47.2 Å². The third-order valence-corrected chi connectivity index (χ3v) is 8.13. The molecule has 2 aromatic rings. The molecule has 5 rings (SSSR count). The Morgan fingerprint density at radius 2 is 1.91 bits per heavy atom. The minimum atomic E-state index is -2.74. The van der Waals surface area contributed by atoms with Gasteiger partial charge < -0.3 is 19.3 Å². The molecular weight excluding hydrogens is 556 g/mol. The molecule has 12 heteroatoms. The van der Waals surface area contributed by atoms with E-state index in [9.17, 15) is 18.8 Å². The quantitative estimate of drug-likeness (QED) is 0.468. The summed E-state index contributed by atoms with van der Waals surface area (Å²) in [6.45, 7) is 8.68. The summed E-state index contributed by atoms with van der Waals surface area (Å²) < 4.78 is 39.6. The molecule has 0 saturated carbocycles. The average Bonchev–Trinajstić information content (AvgIpc) is 3.21. The van der Waals surface area contributed by atoms with Crippen LogP contribution in [-0.4, -0.2) is 101 Å². The Labute approximate surface area is 252 Å². The smallest absolute Gasteiger partial charge is 0.410 e. The predicted octanol–water partition coefficient (Wildman–Crippen LogP) is 4.09. The summed E-state index contributed by atoms with van der Waals surface area (Å²) in [5.41, 5.74) is 2.42. The molecule has 3 aliphatic heterocycles. The number of anilines is 1. The first-order chi connectivity index (χ1) is 20.4. The van der Waals surface area contributed by atoms with Gasteiger partial charge in [0.15, 0.2) is 0 Å². The number of rotatable bonds is 7. The average molecular weight is 598 g/mol. The number of halogens is 2. The Morgan fingerprint density at radius 1 is 1.14 bits per heavy atom. The molecule has 1 aromatic heterocycles. The van der Waals surface area contributed by atoms with E-state index in [1.54, 1.807) is 16.8 Å². The molecule has 4 heterocycles. The van der Waals surface area contributed by atoms with Crippen LogP contribution in [-0.2, 0) is 24.2 Å². The molecule has 1 aromatic carbocycles. The fourth-order valence-electron chi connectivity index (χ4n) is 6.05. The summed E-state index contributed by atoms with van der Waals surface area (Å²) in [4.78, 5) is 30.2. The van der Waals surface area contributed by atoms with Crippen LogP contribution in [0.5, 0.6) is 6.01 Å². The van der Waals surface area contributed by atoms with Crippen molar-refractivity contribution in [3.63, 3.8) is 0 Å². The van der Waals surface area contributed by atoms with Crippen molar-refractivity contribution < 1.29 is 23.0 Å². The molecule has 0 N–H and O–H groups in total. The first-order valence-corrected chi connectivity index (χ1v) is 14.9. The molecule has 43 heavy (non-hydrogen) atoms. The van der Waals surface area contributed by atoms with Crippen molar-refractivity contribution in [1.29, 1.82) is 5.26 Å². The van der Waals surface area contributed by atoms with Crippen LogP contribution >= 0.6 is 0 Å². The zero-order valence-corrected chi connectivity index (χ0v) is 25.4. The van der Waals surface area contributed by atoms with Gasteiger partial charge in [0.2, 0.25) is 0 Å². The number of carbonyl (C=O) groups excluding carboxylic acids is 1. The Balaban J connectivity index is 1.39. The number of benzene rings is 1. The summed E-state index contributed by atoms with van der Waals surface area (Å²) in [5.74, 6) is -2.03. The van der Waals surface area contributed by atoms with Crippen LogP contribution in [0.2, 0.25) is 0 Å². The standard InChI is InChI=1S/C31H41F2N7O3/c1-30(2,3)43-29(41)40-15-14-39(18-23(40)10-12-34)27-25-11-13-38(17-22-8-6-5-7-9-22)19-26(25)35-28(36-27)42-20-24-16-31(32,33)21-37(24)4/h5-9,23-24H,10-11,13-21H2,1-4H3/t23-,24-/m0/s1. The molecule has 2 fully saturated rings. The fourth-order valence-corrected chi connectivity index (χ4v) is 6.05. The monoisotopic (exact) mass is 597 g/mol. The van der Waals surface area contributed by atoms with Crippen LogP contribution in [0.15, 0.2) is 30.3 Å². The highest BCUT2D eigenvalue weighted by Crippen LogP contribution is 2.33. The third kappa shape index (κ3) is 7.70. The van der Waals surface area contributed by atoms with Crippen molar-refractivity contribution in [2.45, 2.75) is 76.7 Å². The van der Waals surface area contributed by atoms with Gasteiger partial charge in [0.1, 0.15) is 18.0 Å². The maximum Gasteiger partial charge on any atom is 0.410 e. The number of likely N-dealkylation sites (tertiary alicyclic amines) is 1. The number of nitrogens with zero attached hydrogens (tertiary/aromatic N) is 7. The van der Waals surface area contributed by atoms with Crippen molar-refractivity contribution in [2.24, 2.45) is 0 Å². The number of alkyl halides is 2. The van der Waals surface area contributed by atoms with Crippen molar-refractivity contribution in [1.82, 2.24) is 24.7 Å². The molecule has 0 bridgehead atoms. The predicted molar refractivity (Wildman–Crippen MR) is 157 cm³/mol. The Morgan fingerprint density at radius 3 is 2.58 bits per heavy atom. The first-order valence-electron chi connectivity index (χ1n) is 14.9. The lowest BCUT2D eigenvalue weighted by molar-refractivity contribution is 0.0132. The van der Waals surface area contributed by atoms with Gasteiger partial charge in [-0.3, -0.25) is 9.80 Å². The number of fused-ring (bicyclic) bond motifs is 1. The molecule has 0 spiro atoms. The Hall–Kier alpha value is -3.56. The van der Waals surface area contributed by atoms with Gasteiger partial charge in [-0.2, -0.15) is 15.2 Å². The largest absolute Gasteiger partial charge is 0.462 e. The Bertz CT molecular complexity index is 1330. The zero-order valence-electron chi connectivity index (χ0n) is 25.4. The van der Waals surface area contributed by atoms with Crippen molar-refractivity contribution in [2.75, 3.05) is 51.3 Å². The summed E-state index contributed by atoms with van der Waals surface area (Å²) >= 11 is 0. The molecule has 10 nitrogen and oxygen atoms in total. The maximum atomic E-state index is 14.0.